The molecule has 0 bridgehead atoms. The Morgan fingerprint density at radius 3 is 2.57 bits per heavy atom. The molecule has 1 saturated carbocycles. The van der Waals surface area contributed by atoms with Crippen LogP contribution in [0, 0.1) is 11.8 Å². The zero-order valence-corrected chi connectivity index (χ0v) is 32.3. The number of aliphatic carboxylic acids is 1. The summed E-state index contributed by atoms with van der Waals surface area (Å²) in [5.41, 5.74) is 8.49. The van der Waals surface area contributed by atoms with Crippen LogP contribution in [0.25, 0.3) is 6.08 Å². The lowest BCUT2D eigenvalue weighted by molar-refractivity contribution is -0.422. The lowest BCUT2D eigenvalue weighted by atomic mass is 9.54. The smallest absolute Gasteiger partial charge is 0.355 e. The van der Waals surface area contributed by atoms with Crippen molar-refractivity contribution in [2.75, 3.05) is 18.2 Å². The van der Waals surface area contributed by atoms with Crippen molar-refractivity contribution in [2.24, 2.45) is 27.6 Å². The number of carbonyl (C=O) groups excluding carboxylic acids is 1. The summed E-state index contributed by atoms with van der Waals surface area (Å²) in [4.78, 5) is 38.4. The Morgan fingerprint density at radius 2 is 1.82 bits per heavy atom. The summed E-state index contributed by atoms with van der Waals surface area (Å²) in [5, 5.41) is 86.4. The van der Waals surface area contributed by atoms with Crippen LogP contribution in [0.2, 0.25) is 0 Å². The summed E-state index contributed by atoms with van der Waals surface area (Å²) in [6, 6.07) is 14.8. The molecule has 0 radical (unpaired) electrons. The number of benzene rings is 3. The van der Waals surface area contributed by atoms with E-state index in [4.69, 9.17) is 15.2 Å². The molecular weight excluding hydrogens is 776 g/mol. The SMILES string of the molecule is NC1CCC2CCc3ccccc3C12C1C=CC2(C(=O)O)C1c1cc(O)c(OC3(O)OC(CO)C(O)C(O)C3O)cc1N2C(=O)C=Cc1ccc(O)c(CC2=NCN=C2)c1. The molecule has 0 spiro atoms. The number of carboxylic acid groups (broad SMARTS) is 1. The van der Waals surface area contributed by atoms with Gasteiger partial charge in [-0.25, -0.2) is 4.79 Å². The molecule has 0 aromatic heterocycles. The summed E-state index contributed by atoms with van der Waals surface area (Å²) in [7, 11) is 0. The number of aliphatic hydroxyl groups is 5. The number of nitrogens with two attached hydrogens (primary N) is 1. The van der Waals surface area contributed by atoms with Crippen LogP contribution in [0.4, 0.5) is 5.69 Å². The Labute approximate surface area is 343 Å². The predicted molar refractivity (Wildman–Crippen MR) is 216 cm³/mol. The molecule has 1 saturated heterocycles. The van der Waals surface area contributed by atoms with Crippen LogP contribution in [0.5, 0.6) is 17.2 Å². The molecule has 11 atom stereocenters. The first-order valence-electron chi connectivity index (χ1n) is 20.0. The van der Waals surface area contributed by atoms with Gasteiger partial charge in [-0.05, 0) is 84.0 Å². The van der Waals surface area contributed by atoms with Gasteiger partial charge in [0.1, 0.15) is 30.7 Å². The number of aliphatic hydroxyl groups excluding tert-OH is 4. The normalized spacial score (nSPS) is 35.0. The molecule has 10 N–H and O–H groups in total. The second-order valence-electron chi connectivity index (χ2n) is 16.6. The number of hydrogen-bond acceptors (Lipinski definition) is 14. The van der Waals surface area contributed by atoms with Gasteiger partial charge < -0.3 is 56.1 Å². The lowest BCUT2D eigenvalue weighted by Crippen LogP contribution is -2.67. The van der Waals surface area contributed by atoms with Gasteiger partial charge in [0.2, 0.25) is 0 Å². The number of hydrogen-bond donors (Lipinski definition) is 9. The molecule has 3 heterocycles. The van der Waals surface area contributed by atoms with Crippen LogP contribution in [0.3, 0.4) is 0 Å². The fourth-order valence-electron chi connectivity index (χ4n) is 10.9. The number of anilines is 1. The monoisotopic (exact) mass is 822 g/mol. The van der Waals surface area contributed by atoms with E-state index in [9.17, 15) is 50.4 Å². The van der Waals surface area contributed by atoms with Gasteiger partial charge in [0, 0.05) is 47.7 Å². The molecule has 6 aliphatic rings. The first-order chi connectivity index (χ1) is 28.7. The molecule has 3 aliphatic carbocycles. The lowest BCUT2D eigenvalue weighted by Gasteiger charge is -2.50. The molecule has 3 aliphatic heterocycles. The minimum atomic E-state index is -3.13. The van der Waals surface area contributed by atoms with Gasteiger partial charge in [0.25, 0.3) is 5.91 Å². The highest BCUT2D eigenvalue weighted by atomic mass is 16.8. The molecule has 2 fully saturated rings. The zero-order chi connectivity index (χ0) is 42.3. The van der Waals surface area contributed by atoms with E-state index >= 15 is 0 Å². The van der Waals surface area contributed by atoms with Crippen molar-refractivity contribution in [3.63, 3.8) is 0 Å². The maximum atomic E-state index is 14.8. The number of aromatic hydroxyl groups is 2. The van der Waals surface area contributed by atoms with Crippen molar-refractivity contribution in [3.05, 3.63) is 101 Å². The van der Waals surface area contributed by atoms with Gasteiger partial charge >= 0.3 is 11.9 Å². The number of aliphatic imine (C=N–C) groups is 2. The van der Waals surface area contributed by atoms with Gasteiger partial charge in [0.15, 0.2) is 23.1 Å². The predicted octanol–water partition coefficient (Wildman–Crippen LogP) is 1.40. The van der Waals surface area contributed by atoms with Crippen molar-refractivity contribution in [3.8, 4) is 17.2 Å². The van der Waals surface area contributed by atoms with Gasteiger partial charge in [-0.2, -0.15) is 0 Å². The summed E-state index contributed by atoms with van der Waals surface area (Å²) >= 11 is 0. The summed E-state index contributed by atoms with van der Waals surface area (Å²) in [5.74, 6) is -7.94. The second kappa shape index (κ2) is 14.6. The minimum Gasteiger partial charge on any atom is -0.508 e. The fourth-order valence-corrected chi connectivity index (χ4v) is 10.9. The number of allylic oxidation sites excluding steroid dienone is 1. The number of aryl methyl sites for hydroxylation is 1. The van der Waals surface area contributed by atoms with Gasteiger partial charge in [0.05, 0.1) is 18.0 Å². The maximum absolute atomic E-state index is 14.8. The molecule has 16 heteroatoms. The molecular formula is C44H46N4O12. The van der Waals surface area contributed by atoms with Crippen LogP contribution in [0.1, 0.15) is 53.0 Å². The van der Waals surface area contributed by atoms with Crippen LogP contribution in [-0.4, -0.2) is 120 Å². The van der Waals surface area contributed by atoms with Crippen molar-refractivity contribution < 1.29 is 59.9 Å². The first kappa shape index (κ1) is 40.0. The van der Waals surface area contributed by atoms with Crippen molar-refractivity contribution >= 4 is 35.6 Å². The van der Waals surface area contributed by atoms with Gasteiger partial charge in [-0.3, -0.25) is 19.7 Å². The Bertz CT molecular complexity index is 2380. The molecule has 314 valence electrons. The average Bonchev–Trinajstić information content (AvgIpc) is 4.03. The molecule has 11 unspecified atom stereocenters. The molecule has 1 amide bonds. The quantitative estimate of drug-likeness (QED) is 0.0841. The van der Waals surface area contributed by atoms with Crippen LogP contribution >= 0.6 is 0 Å². The van der Waals surface area contributed by atoms with Crippen LogP contribution in [-0.2, 0) is 32.6 Å². The number of nitrogens with zero attached hydrogens (tertiary/aromatic N) is 3. The Balaban J connectivity index is 1.18. The minimum absolute atomic E-state index is 0.000862. The molecule has 9 rings (SSSR count). The molecule has 60 heavy (non-hydrogen) atoms. The summed E-state index contributed by atoms with van der Waals surface area (Å²) in [6.07, 6.45) is 3.35. The second-order valence-corrected chi connectivity index (χ2v) is 16.6. The highest BCUT2D eigenvalue weighted by Gasteiger charge is 2.69. The fraction of sp³-hybridized carbons (Fsp3) is 0.409. The van der Waals surface area contributed by atoms with Crippen molar-refractivity contribution in [1.82, 2.24) is 0 Å². The zero-order valence-electron chi connectivity index (χ0n) is 32.3. The van der Waals surface area contributed by atoms with E-state index in [0.29, 0.717) is 36.3 Å². The average molecular weight is 823 g/mol. The largest absolute Gasteiger partial charge is 0.508 e. The van der Waals surface area contributed by atoms with E-state index < -0.39 is 83.2 Å². The van der Waals surface area contributed by atoms with E-state index in [-0.39, 0.29) is 29.0 Å². The van der Waals surface area contributed by atoms with E-state index in [1.54, 1.807) is 18.3 Å². The highest BCUT2D eigenvalue weighted by Crippen LogP contribution is 2.67. The number of phenols is 2. The van der Waals surface area contributed by atoms with Gasteiger partial charge in [-0.15, -0.1) is 0 Å². The van der Waals surface area contributed by atoms with E-state index in [2.05, 4.69) is 22.1 Å². The number of rotatable bonds is 9. The molecule has 3 aromatic carbocycles. The third-order valence-electron chi connectivity index (χ3n) is 13.6. The molecule has 3 aromatic rings. The number of amides is 1. The highest BCUT2D eigenvalue weighted by molar-refractivity contribution is 6.32. The Kier molecular flexibility index (Phi) is 9.74. The molecule has 16 nitrogen and oxygen atoms in total. The summed E-state index contributed by atoms with van der Waals surface area (Å²) < 4.78 is 11.0. The van der Waals surface area contributed by atoms with E-state index in [0.717, 1.165) is 41.4 Å². The number of carbonyl (C=O) groups is 2. The third kappa shape index (κ3) is 5.84. The van der Waals surface area contributed by atoms with Crippen molar-refractivity contribution in [2.45, 2.75) is 85.4 Å². The van der Waals surface area contributed by atoms with Crippen LogP contribution < -0.4 is 15.4 Å². The first-order valence-corrected chi connectivity index (χ1v) is 20.0. The number of ether oxygens (including phenoxy) is 2. The number of carboxylic acids is 1. The van der Waals surface area contributed by atoms with E-state index in [1.807, 2.05) is 18.2 Å². The Morgan fingerprint density at radius 1 is 1.02 bits per heavy atom. The Hall–Kier alpha value is -5.46. The number of fused-ring (bicyclic) bond motifs is 6. The van der Waals surface area contributed by atoms with E-state index in [1.165, 1.54) is 30.4 Å². The standard InChI is InChI=1S/C44H46N4O12/c45-35-11-9-25-8-7-23-3-1-2-4-28(23)43(25,35)29-13-14-42(41(56)57)37(29)27-17-32(51)33(59-44(58)40(55)39(54)38(53)34(20-49)60-44)18-30(27)48(42)36(52)12-6-22-5-10-31(50)24(15-22)16-26-19-46-21-47-26/h1-6,10,12-15,17-19,25,29,34-35,37-40,49-51,53-55,58H,7-9,11,16,20-21,45H2,(H,56,57). The maximum Gasteiger partial charge on any atom is 0.355 e. The summed E-state index contributed by atoms with van der Waals surface area (Å²) in [6.45, 7) is -0.591. The van der Waals surface area contributed by atoms with Gasteiger partial charge in [-0.1, -0.05) is 42.5 Å². The van der Waals surface area contributed by atoms with Crippen LogP contribution in [0.15, 0.2) is 82.8 Å². The third-order valence-corrected chi connectivity index (χ3v) is 13.6. The van der Waals surface area contributed by atoms with Crippen molar-refractivity contribution in [1.29, 1.82) is 0 Å². The topological polar surface area (TPSA) is 268 Å². The number of phenolic OH excluding ortho intramolecular Hbond substituents is 2.